The molecule has 0 saturated heterocycles. The standard InChI is InChI=1S/C17H16N4O4S/c22-14(12-3-4-26-9-12)8-21-7-13(19-20-21)17(23)18-6-11-1-2-15-16(5-11)25-10-24-15/h1-5,7,9,14,22H,6,8,10H2,(H,18,23)/t14-/m0/s1. The van der Waals surface area contributed by atoms with Crippen molar-refractivity contribution in [1.29, 1.82) is 0 Å². The van der Waals surface area contributed by atoms with Crippen LogP contribution in [0.25, 0.3) is 0 Å². The first-order chi connectivity index (χ1) is 12.7. The molecule has 1 aliphatic rings. The van der Waals surface area contributed by atoms with Gasteiger partial charge in [0, 0.05) is 6.54 Å². The van der Waals surface area contributed by atoms with Crippen molar-refractivity contribution in [1.82, 2.24) is 20.3 Å². The van der Waals surface area contributed by atoms with Crippen molar-refractivity contribution in [2.45, 2.75) is 19.2 Å². The molecule has 1 atom stereocenters. The predicted molar refractivity (Wildman–Crippen MR) is 93.0 cm³/mol. The molecule has 0 saturated carbocycles. The Hall–Kier alpha value is -2.91. The van der Waals surface area contributed by atoms with Gasteiger partial charge in [-0.15, -0.1) is 5.10 Å². The molecule has 0 aliphatic carbocycles. The lowest BCUT2D eigenvalue weighted by Crippen LogP contribution is -2.23. The van der Waals surface area contributed by atoms with Crippen LogP contribution < -0.4 is 14.8 Å². The molecule has 0 fully saturated rings. The largest absolute Gasteiger partial charge is 0.454 e. The molecule has 134 valence electrons. The number of ether oxygens (including phenoxy) is 2. The van der Waals surface area contributed by atoms with Crippen LogP contribution in [0.2, 0.25) is 0 Å². The van der Waals surface area contributed by atoms with Gasteiger partial charge < -0.3 is 19.9 Å². The van der Waals surface area contributed by atoms with Crippen LogP contribution >= 0.6 is 11.3 Å². The minimum absolute atomic E-state index is 0.197. The molecule has 9 heteroatoms. The number of hydrogen-bond donors (Lipinski definition) is 2. The van der Waals surface area contributed by atoms with E-state index < -0.39 is 6.10 Å². The number of aliphatic hydroxyl groups excluding tert-OH is 1. The number of nitrogens with zero attached hydrogens (tertiary/aromatic N) is 3. The summed E-state index contributed by atoms with van der Waals surface area (Å²) in [6.45, 7) is 0.782. The number of nitrogens with one attached hydrogen (secondary N) is 1. The van der Waals surface area contributed by atoms with Crippen LogP contribution in [0.3, 0.4) is 0 Å². The van der Waals surface area contributed by atoms with Gasteiger partial charge in [0.25, 0.3) is 5.91 Å². The molecule has 1 aliphatic heterocycles. The molecule has 8 nitrogen and oxygen atoms in total. The van der Waals surface area contributed by atoms with E-state index in [-0.39, 0.29) is 24.9 Å². The second kappa shape index (κ2) is 7.14. The lowest BCUT2D eigenvalue weighted by atomic mass is 10.2. The highest BCUT2D eigenvalue weighted by molar-refractivity contribution is 7.07. The number of thiophene rings is 1. The van der Waals surface area contributed by atoms with Crippen molar-refractivity contribution < 1.29 is 19.4 Å². The minimum atomic E-state index is -0.688. The zero-order valence-electron chi connectivity index (χ0n) is 13.7. The normalized spacial score (nSPS) is 13.6. The lowest BCUT2D eigenvalue weighted by molar-refractivity contribution is 0.0945. The summed E-state index contributed by atoms with van der Waals surface area (Å²) in [5, 5.41) is 24.5. The number of rotatable bonds is 6. The lowest BCUT2D eigenvalue weighted by Gasteiger charge is -2.07. The summed E-state index contributed by atoms with van der Waals surface area (Å²) in [5.41, 5.74) is 1.91. The van der Waals surface area contributed by atoms with Gasteiger partial charge >= 0.3 is 0 Å². The fourth-order valence-corrected chi connectivity index (χ4v) is 3.27. The second-order valence-electron chi connectivity index (χ2n) is 5.77. The average molecular weight is 372 g/mol. The number of fused-ring (bicyclic) bond motifs is 1. The van der Waals surface area contributed by atoms with Crippen molar-refractivity contribution in [2.24, 2.45) is 0 Å². The van der Waals surface area contributed by atoms with E-state index in [1.165, 1.54) is 22.2 Å². The molecule has 1 amide bonds. The highest BCUT2D eigenvalue weighted by Gasteiger charge is 2.16. The second-order valence-corrected chi connectivity index (χ2v) is 6.55. The quantitative estimate of drug-likeness (QED) is 0.684. The van der Waals surface area contributed by atoms with Crippen molar-refractivity contribution >= 4 is 17.2 Å². The maximum absolute atomic E-state index is 12.2. The van der Waals surface area contributed by atoms with E-state index >= 15 is 0 Å². The first-order valence-corrected chi connectivity index (χ1v) is 8.90. The van der Waals surface area contributed by atoms with Crippen molar-refractivity contribution in [3.63, 3.8) is 0 Å². The van der Waals surface area contributed by atoms with Gasteiger partial charge in [0.2, 0.25) is 6.79 Å². The van der Waals surface area contributed by atoms with Crippen LogP contribution in [0.15, 0.2) is 41.2 Å². The minimum Gasteiger partial charge on any atom is -0.454 e. The van der Waals surface area contributed by atoms with Crippen LogP contribution in [0.5, 0.6) is 11.5 Å². The van der Waals surface area contributed by atoms with Gasteiger partial charge in [0.05, 0.1) is 18.8 Å². The van der Waals surface area contributed by atoms with E-state index in [0.717, 1.165) is 11.1 Å². The van der Waals surface area contributed by atoms with Crippen LogP contribution in [0.1, 0.15) is 27.7 Å². The van der Waals surface area contributed by atoms with Crippen LogP contribution in [0, 0.1) is 0 Å². The van der Waals surface area contributed by atoms with Crippen molar-refractivity contribution in [3.8, 4) is 11.5 Å². The number of benzene rings is 1. The Labute approximate surface area is 153 Å². The number of hydrogen-bond acceptors (Lipinski definition) is 7. The Morgan fingerprint density at radius 1 is 1.35 bits per heavy atom. The summed E-state index contributed by atoms with van der Waals surface area (Å²) >= 11 is 1.51. The highest BCUT2D eigenvalue weighted by atomic mass is 32.1. The number of amides is 1. The van der Waals surface area contributed by atoms with E-state index in [1.807, 2.05) is 35.0 Å². The molecule has 3 heterocycles. The smallest absolute Gasteiger partial charge is 0.273 e. The van der Waals surface area contributed by atoms with Crippen molar-refractivity contribution in [3.05, 3.63) is 58.0 Å². The van der Waals surface area contributed by atoms with Gasteiger partial charge in [-0.1, -0.05) is 11.3 Å². The summed E-state index contributed by atoms with van der Waals surface area (Å²) in [7, 11) is 0. The summed E-state index contributed by atoms with van der Waals surface area (Å²) < 4.78 is 12.0. The Balaban J connectivity index is 1.34. The third kappa shape index (κ3) is 3.53. The Morgan fingerprint density at radius 3 is 3.08 bits per heavy atom. The topological polar surface area (TPSA) is 98.5 Å². The van der Waals surface area contributed by atoms with Gasteiger partial charge in [-0.05, 0) is 40.1 Å². The highest BCUT2D eigenvalue weighted by Crippen LogP contribution is 2.32. The third-order valence-corrected chi connectivity index (χ3v) is 4.65. The SMILES string of the molecule is O=C(NCc1ccc2c(c1)OCO2)c1cn(C[C@H](O)c2ccsc2)nn1. The number of carbonyl (C=O) groups is 1. The maximum Gasteiger partial charge on any atom is 0.273 e. The van der Waals surface area contributed by atoms with E-state index in [9.17, 15) is 9.90 Å². The summed E-state index contributed by atoms with van der Waals surface area (Å²) in [5.74, 6) is 1.04. The van der Waals surface area contributed by atoms with E-state index in [2.05, 4.69) is 15.6 Å². The molecule has 2 aromatic heterocycles. The van der Waals surface area contributed by atoms with E-state index in [1.54, 1.807) is 0 Å². The molecule has 0 spiro atoms. The zero-order valence-corrected chi connectivity index (χ0v) is 14.5. The van der Waals surface area contributed by atoms with E-state index in [0.29, 0.717) is 18.0 Å². The Morgan fingerprint density at radius 2 is 2.23 bits per heavy atom. The van der Waals surface area contributed by atoms with Crippen LogP contribution in [0.4, 0.5) is 0 Å². The average Bonchev–Trinajstić information content (AvgIpc) is 3.39. The van der Waals surface area contributed by atoms with Gasteiger partial charge in [-0.3, -0.25) is 4.79 Å². The summed E-state index contributed by atoms with van der Waals surface area (Å²) in [6.07, 6.45) is 0.831. The first-order valence-electron chi connectivity index (χ1n) is 7.96. The van der Waals surface area contributed by atoms with Gasteiger partial charge in [-0.2, -0.15) is 11.3 Å². The molecule has 0 unspecified atom stereocenters. The fourth-order valence-electron chi connectivity index (χ4n) is 2.56. The van der Waals surface area contributed by atoms with Gasteiger partial charge in [0.15, 0.2) is 17.2 Å². The van der Waals surface area contributed by atoms with Crippen molar-refractivity contribution in [2.75, 3.05) is 6.79 Å². The molecule has 0 radical (unpaired) electrons. The first kappa shape index (κ1) is 16.6. The zero-order chi connectivity index (χ0) is 17.9. The predicted octanol–water partition coefficient (Wildman–Crippen LogP) is 1.73. The van der Waals surface area contributed by atoms with Crippen LogP contribution in [-0.2, 0) is 13.1 Å². The van der Waals surface area contributed by atoms with Gasteiger partial charge in [0.1, 0.15) is 0 Å². The molecule has 26 heavy (non-hydrogen) atoms. The third-order valence-electron chi connectivity index (χ3n) is 3.95. The number of aliphatic hydroxyl groups is 1. The number of aromatic nitrogens is 3. The molecular weight excluding hydrogens is 356 g/mol. The molecule has 0 bridgehead atoms. The molecule has 2 N–H and O–H groups in total. The Kier molecular flexibility index (Phi) is 4.55. The summed E-state index contributed by atoms with van der Waals surface area (Å²) in [4.78, 5) is 12.2. The monoisotopic (exact) mass is 372 g/mol. The Bertz CT molecular complexity index is 909. The summed E-state index contributed by atoms with van der Waals surface area (Å²) in [6, 6.07) is 7.36. The molecular formula is C17H16N4O4S. The number of carbonyl (C=O) groups excluding carboxylic acids is 1. The van der Waals surface area contributed by atoms with Gasteiger partial charge in [-0.25, -0.2) is 4.68 Å². The fraction of sp³-hybridized carbons (Fsp3) is 0.235. The van der Waals surface area contributed by atoms with Crippen LogP contribution in [-0.4, -0.2) is 32.8 Å². The van der Waals surface area contributed by atoms with E-state index in [4.69, 9.17) is 9.47 Å². The molecule has 3 aromatic rings. The molecule has 1 aromatic carbocycles. The maximum atomic E-state index is 12.2. The molecule has 4 rings (SSSR count).